The minimum atomic E-state index is 0.341. The van der Waals surface area contributed by atoms with Crippen LogP contribution in [0.3, 0.4) is 0 Å². The maximum Gasteiger partial charge on any atom is 0.225 e. The third kappa shape index (κ3) is 3.12. The molecule has 1 aliphatic heterocycles. The predicted octanol–water partition coefficient (Wildman–Crippen LogP) is 0.475. The fourth-order valence-corrected chi connectivity index (χ4v) is 2.47. The molecule has 6 heteroatoms. The van der Waals surface area contributed by atoms with Crippen molar-refractivity contribution in [3.05, 3.63) is 11.8 Å². The van der Waals surface area contributed by atoms with Crippen LogP contribution < -0.4 is 0 Å². The number of rotatable bonds is 4. The van der Waals surface area contributed by atoms with Gasteiger partial charge in [0.05, 0.1) is 0 Å². The van der Waals surface area contributed by atoms with E-state index in [1.165, 1.54) is 0 Å². The van der Waals surface area contributed by atoms with Gasteiger partial charge in [0.1, 0.15) is 0 Å². The molecule has 1 amide bonds. The Morgan fingerprint density at radius 1 is 1.26 bits per heavy atom. The van der Waals surface area contributed by atoms with Gasteiger partial charge in [0.2, 0.25) is 17.7 Å². The molecule has 3 rings (SSSR count). The highest BCUT2D eigenvalue weighted by Gasteiger charge is 2.34. The first-order valence-electron chi connectivity index (χ1n) is 7.02. The van der Waals surface area contributed by atoms with Crippen molar-refractivity contribution in [1.29, 1.82) is 0 Å². The fraction of sp³-hybridized carbons (Fsp3) is 0.769. The van der Waals surface area contributed by atoms with Crippen molar-refractivity contribution in [2.24, 2.45) is 5.92 Å². The van der Waals surface area contributed by atoms with Gasteiger partial charge in [0.15, 0.2) is 0 Å². The van der Waals surface area contributed by atoms with Gasteiger partial charge < -0.3 is 9.32 Å². The lowest BCUT2D eigenvalue weighted by molar-refractivity contribution is -0.134. The van der Waals surface area contributed by atoms with Gasteiger partial charge in [-0.2, -0.15) is 0 Å². The van der Waals surface area contributed by atoms with Crippen LogP contribution in [0.5, 0.6) is 0 Å². The smallest absolute Gasteiger partial charge is 0.225 e. The third-order valence-electron chi connectivity index (χ3n) is 3.82. The number of piperazine rings is 1. The van der Waals surface area contributed by atoms with Crippen LogP contribution in [0.4, 0.5) is 0 Å². The van der Waals surface area contributed by atoms with Gasteiger partial charge in [-0.1, -0.05) is 0 Å². The lowest BCUT2D eigenvalue weighted by Gasteiger charge is -2.34. The molecular formula is C13H20N4O2. The van der Waals surface area contributed by atoms with Crippen LogP contribution in [-0.2, 0) is 11.2 Å². The fourth-order valence-electron chi connectivity index (χ4n) is 2.47. The van der Waals surface area contributed by atoms with Crippen molar-refractivity contribution in [2.75, 3.05) is 32.7 Å². The molecule has 0 bridgehead atoms. The summed E-state index contributed by atoms with van der Waals surface area (Å²) in [4.78, 5) is 16.3. The van der Waals surface area contributed by atoms with Crippen LogP contribution in [0.15, 0.2) is 4.42 Å². The van der Waals surface area contributed by atoms with E-state index in [-0.39, 0.29) is 0 Å². The topological polar surface area (TPSA) is 62.5 Å². The molecule has 19 heavy (non-hydrogen) atoms. The molecule has 2 fully saturated rings. The molecular weight excluding hydrogens is 244 g/mol. The maximum atomic E-state index is 11.9. The highest BCUT2D eigenvalue weighted by atomic mass is 16.4. The van der Waals surface area contributed by atoms with E-state index in [0.29, 0.717) is 23.6 Å². The largest absolute Gasteiger partial charge is 0.426 e. The van der Waals surface area contributed by atoms with Gasteiger partial charge in [-0.25, -0.2) is 0 Å². The average molecular weight is 264 g/mol. The molecule has 0 spiro atoms. The maximum absolute atomic E-state index is 11.9. The molecule has 2 aliphatic rings. The number of carbonyl (C=O) groups excluding carboxylic acids is 1. The van der Waals surface area contributed by atoms with Gasteiger partial charge in [0, 0.05) is 52.0 Å². The Kier molecular flexibility index (Phi) is 3.50. The molecule has 1 saturated heterocycles. The van der Waals surface area contributed by atoms with Crippen LogP contribution >= 0.6 is 0 Å². The minimum Gasteiger partial charge on any atom is -0.426 e. The number of carbonyl (C=O) groups is 1. The Morgan fingerprint density at radius 2 is 2.00 bits per heavy atom. The number of amides is 1. The van der Waals surface area contributed by atoms with E-state index in [9.17, 15) is 4.79 Å². The van der Waals surface area contributed by atoms with Crippen molar-refractivity contribution < 1.29 is 9.21 Å². The summed E-state index contributed by atoms with van der Waals surface area (Å²) < 4.78 is 5.36. The molecule has 1 saturated carbocycles. The highest BCUT2D eigenvalue weighted by molar-refractivity contribution is 5.81. The summed E-state index contributed by atoms with van der Waals surface area (Å²) in [6.45, 7) is 6.35. The Morgan fingerprint density at radius 3 is 2.58 bits per heavy atom. The molecule has 104 valence electrons. The van der Waals surface area contributed by atoms with E-state index in [0.717, 1.165) is 52.0 Å². The van der Waals surface area contributed by atoms with E-state index in [1.54, 1.807) is 6.92 Å². The zero-order valence-corrected chi connectivity index (χ0v) is 11.3. The summed E-state index contributed by atoms with van der Waals surface area (Å²) in [5.74, 6) is 2.03. The molecule has 0 N–H and O–H groups in total. The van der Waals surface area contributed by atoms with Crippen LogP contribution in [0.2, 0.25) is 0 Å². The Bertz CT molecular complexity index is 447. The average Bonchev–Trinajstić information content (AvgIpc) is 3.19. The summed E-state index contributed by atoms with van der Waals surface area (Å²) >= 11 is 0. The first-order chi connectivity index (χ1) is 9.22. The number of aryl methyl sites for hydroxylation is 1. The number of hydrogen-bond acceptors (Lipinski definition) is 5. The Balaban J connectivity index is 1.41. The molecule has 0 aromatic carbocycles. The predicted molar refractivity (Wildman–Crippen MR) is 68.5 cm³/mol. The van der Waals surface area contributed by atoms with Gasteiger partial charge in [-0.05, 0) is 12.8 Å². The Hall–Kier alpha value is -1.43. The van der Waals surface area contributed by atoms with E-state index >= 15 is 0 Å². The minimum absolute atomic E-state index is 0.341. The lowest BCUT2D eigenvalue weighted by atomic mass is 10.2. The lowest BCUT2D eigenvalue weighted by Crippen LogP contribution is -2.49. The summed E-state index contributed by atoms with van der Waals surface area (Å²) in [6.07, 6.45) is 2.97. The van der Waals surface area contributed by atoms with Crippen molar-refractivity contribution >= 4 is 5.91 Å². The van der Waals surface area contributed by atoms with Crippen LogP contribution in [-0.4, -0.2) is 58.6 Å². The summed E-state index contributed by atoms with van der Waals surface area (Å²) in [6, 6.07) is 0. The second-order valence-electron chi connectivity index (χ2n) is 5.41. The molecule has 0 radical (unpaired) electrons. The van der Waals surface area contributed by atoms with E-state index < -0.39 is 0 Å². The first-order valence-corrected chi connectivity index (χ1v) is 7.02. The molecule has 1 aliphatic carbocycles. The number of aromatic nitrogens is 2. The Labute approximate surface area is 112 Å². The second kappa shape index (κ2) is 5.28. The van der Waals surface area contributed by atoms with Gasteiger partial charge in [-0.15, -0.1) is 10.2 Å². The molecule has 1 aromatic rings. The zero-order chi connectivity index (χ0) is 13.2. The van der Waals surface area contributed by atoms with E-state index in [2.05, 4.69) is 15.1 Å². The highest BCUT2D eigenvalue weighted by Crippen LogP contribution is 2.31. The van der Waals surface area contributed by atoms with E-state index in [4.69, 9.17) is 4.42 Å². The van der Waals surface area contributed by atoms with Gasteiger partial charge >= 0.3 is 0 Å². The summed E-state index contributed by atoms with van der Waals surface area (Å²) in [5, 5.41) is 7.82. The summed E-state index contributed by atoms with van der Waals surface area (Å²) in [7, 11) is 0. The summed E-state index contributed by atoms with van der Waals surface area (Å²) in [5.41, 5.74) is 0. The van der Waals surface area contributed by atoms with Gasteiger partial charge in [-0.3, -0.25) is 9.69 Å². The van der Waals surface area contributed by atoms with Gasteiger partial charge in [0.25, 0.3) is 0 Å². The molecule has 0 atom stereocenters. The normalized spacial score (nSPS) is 20.8. The molecule has 6 nitrogen and oxygen atoms in total. The molecule has 1 aromatic heterocycles. The quantitative estimate of drug-likeness (QED) is 0.791. The van der Waals surface area contributed by atoms with Crippen LogP contribution in [0.1, 0.15) is 24.6 Å². The standard InChI is InChI=1S/C13H20N4O2/c1-10-14-15-12(19-10)4-5-16-6-8-17(9-7-16)13(18)11-2-3-11/h11H,2-9H2,1H3. The van der Waals surface area contributed by atoms with Crippen LogP contribution in [0, 0.1) is 12.8 Å². The molecule has 2 heterocycles. The monoisotopic (exact) mass is 264 g/mol. The second-order valence-corrected chi connectivity index (χ2v) is 5.41. The van der Waals surface area contributed by atoms with Crippen molar-refractivity contribution in [1.82, 2.24) is 20.0 Å². The zero-order valence-electron chi connectivity index (χ0n) is 11.3. The van der Waals surface area contributed by atoms with E-state index in [1.807, 2.05) is 4.90 Å². The first kappa shape index (κ1) is 12.6. The third-order valence-corrected chi connectivity index (χ3v) is 3.82. The molecule has 0 unspecified atom stereocenters. The number of hydrogen-bond donors (Lipinski definition) is 0. The van der Waals surface area contributed by atoms with Crippen molar-refractivity contribution in [2.45, 2.75) is 26.2 Å². The van der Waals surface area contributed by atoms with Crippen molar-refractivity contribution in [3.8, 4) is 0 Å². The SMILES string of the molecule is Cc1nnc(CCN2CCN(C(=O)C3CC3)CC2)o1. The number of nitrogens with zero attached hydrogens (tertiary/aromatic N) is 4. The van der Waals surface area contributed by atoms with Crippen molar-refractivity contribution in [3.63, 3.8) is 0 Å². The van der Waals surface area contributed by atoms with Crippen LogP contribution in [0.25, 0.3) is 0 Å².